The zero-order valence-electron chi connectivity index (χ0n) is 7.79. The van der Waals surface area contributed by atoms with E-state index in [1.165, 1.54) is 0 Å². The van der Waals surface area contributed by atoms with Crippen molar-refractivity contribution in [2.24, 2.45) is 15.9 Å². The van der Waals surface area contributed by atoms with Gasteiger partial charge in [0, 0.05) is 11.3 Å². The summed E-state index contributed by atoms with van der Waals surface area (Å²) in [6.07, 6.45) is 1.71. The Morgan fingerprint density at radius 1 is 1.54 bits per heavy atom. The van der Waals surface area contributed by atoms with Crippen LogP contribution in [0.1, 0.15) is 13.8 Å². The van der Waals surface area contributed by atoms with Gasteiger partial charge in [0.2, 0.25) is 0 Å². The quantitative estimate of drug-likeness (QED) is 0.277. The van der Waals surface area contributed by atoms with Crippen molar-refractivity contribution in [3.05, 3.63) is 22.3 Å². The second kappa shape index (κ2) is 5.55. The van der Waals surface area contributed by atoms with Crippen LogP contribution in [0, 0.1) is 5.41 Å². The summed E-state index contributed by atoms with van der Waals surface area (Å²) in [6, 6.07) is 0. The maximum Gasteiger partial charge on any atom is 0.148 e. The molecule has 4 nitrogen and oxygen atoms in total. The van der Waals surface area contributed by atoms with Crippen LogP contribution in [0.5, 0.6) is 0 Å². The average molecular weight is 198 g/mol. The first-order valence-corrected chi connectivity index (χ1v) is 4.48. The van der Waals surface area contributed by atoms with Crippen LogP contribution in [0.15, 0.2) is 27.2 Å². The molecule has 0 saturated carbocycles. The fourth-order valence-electron chi connectivity index (χ4n) is 0.617. The Labute approximate surface area is 82.4 Å². The lowest BCUT2D eigenvalue weighted by molar-refractivity contribution is 1.29. The van der Waals surface area contributed by atoms with Gasteiger partial charge in [-0.2, -0.15) is 0 Å². The average Bonchev–Trinajstić information content (AvgIpc) is 2.14. The van der Waals surface area contributed by atoms with Crippen LogP contribution < -0.4 is 10.9 Å². The summed E-state index contributed by atoms with van der Waals surface area (Å²) in [5.41, 5.74) is 6.77. The number of nitrogens with two attached hydrogens (primary N) is 2. The van der Waals surface area contributed by atoms with Gasteiger partial charge in [0.15, 0.2) is 0 Å². The highest BCUT2D eigenvalue weighted by Gasteiger charge is 2.00. The molecule has 0 rings (SSSR count). The van der Waals surface area contributed by atoms with Gasteiger partial charge in [-0.25, -0.2) is 4.99 Å². The number of allylic oxidation sites excluding steroid dienone is 2. The van der Waals surface area contributed by atoms with Gasteiger partial charge in [-0.1, -0.05) is 11.9 Å². The van der Waals surface area contributed by atoms with E-state index < -0.39 is 0 Å². The Morgan fingerprint density at radius 2 is 2.08 bits per heavy atom. The molecule has 0 aromatic carbocycles. The molecule has 0 fully saturated rings. The van der Waals surface area contributed by atoms with Crippen molar-refractivity contribution >= 4 is 24.5 Å². The van der Waals surface area contributed by atoms with Crippen LogP contribution in [-0.2, 0) is 0 Å². The van der Waals surface area contributed by atoms with Crippen LogP contribution in [0.2, 0.25) is 0 Å². The Balaban J connectivity index is 4.82. The minimum absolute atomic E-state index is 0.0866. The fourth-order valence-corrected chi connectivity index (χ4v) is 0.812. The molecule has 0 unspecified atom stereocenters. The zero-order valence-corrected chi connectivity index (χ0v) is 8.61. The van der Waals surface area contributed by atoms with E-state index in [1.807, 2.05) is 6.92 Å². The third-order valence-electron chi connectivity index (χ3n) is 1.49. The molecule has 0 atom stereocenters. The van der Waals surface area contributed by atoms with Crippen LogP contribution in [0.3, 0.4) is 0 Å². The number of hydrogen-bond donors (Lipinski definition) is 3. The molecule has 72 valence electrons. The van der Waals surface area contributed by atoms with Crippen molar-refractivity contribution in [3.8, 4) is 0 Å². The van der Waals surface area contributed by atoms with E-state index in [0.717, 1.165) is 16.9 Å². The molecule has 0 aromatic rings. The molecule has 0 aliphatic carbocycles. The van der Waals surface area contributed by atoms with Gasteiger partial charge in [-0.05, 0) is 31.5 Å². The highest BCUT2D eigenvalue weighted by molar-refractivity contribution is 8.00. The number of nitrogens with zero attached hydrogens (tertiary/aromatic N) is 1. The maximum absolute atomic E-state index is 7.34. The number of rotatable bonds is 3. The zero-order chi connectivity index (χ0) is 10.4. The summed E-state index contributed by atoms with van der Waals surface area (Å²) in [7, 11) is 0. The van der Waals surface area contributed by atoms with Crippen molar-refractivity contribution in [3.63, 3.8) is 0 Å². The van der Waals surface area contributed by atoms with Crippen LogP contribution in [0.4, 0.5) is 0 Å². The van der Waals surface area contributed by atoms with E-state index in [9.17, 15) is 0 Å². The van der Waals surface area contributed by atoms with Gasteiger partial charge in [-0.15, -0.1) is 0 Å². The Bertz CT molecular complexity index is 278. The van der Waals surface area contributed by atoms with Crippen LogP contribution >= 0.6 is 11.9 Å². The molecule has 13 heavy (non-hydrogen) atoms. The Hall–Kier alpha value is -1.07. The van der Waals surface area contributed by atoms with E-state index in [0.29, 0.717) is 11.3 Å². The lowest BCUT2D eigenvalue weighted by Gasteiger charge is -2.02. The van der Waals surface area contributed by atoms with Crippen LogP contribution in [-0.4, -0.2) is 12.6 Å². The van der Waals surface area contributed by atoms with Crippen molar-refractivity contribution in [1.82, 2.24) is 0 Å². The lowest BCUT2D eigenvalue weighted by atomic mass is 10.2. The SMILES string of the molecule is C=NC(=N)C(C)=C(N)/C=C(\C)SN. The van der Waals surface area contributed by atoms with Crippen molar-refractivity contribution in [1.29, 1.82) is 5.41 Å². The second-order valence-electron chi connectivity index (χ2n) is 2.46. The molecule has 0 aliphatic heterocycles. The van der Waals surface area contributed by atoms with E-state index in [1.54, 1.807) is 13.0 Å². The van der Waals surface area contributed by atoms with Gasteiger partial charge in [-0.3, -0.25) is 10.5 Å². The Morgan fingerprint density at radius 3 is 2.46 bits per heavy atom. The smallest absolute Gasteiger partial charge is 0.148 e. The minimum Gasteiger partial charge on any atom is -0.398 e. The lowest BCUT2D eigenvalue weighted by Crippen LogP contribution is -2.04. The van der Waals surface area contributed by atoms with Crippen molar-refractivity contribution in [2.75, 3.05) is 0 Å². The molecule has 0 spiro atoms. The highest BCUT2D eigenvalue weighted by Crippen LogP contribution is 2.10. The molecule has 0 aromatic heterocycles. The van der Waals surface area contributed by atoms with E-state index >= 15 is 0 Å². The van der Waals surface area contributed by atoms with Crippen LogP contribution in [0.25, 0.3) is 0 Å². The van der Waals surface area contributed by atoms with Crippen molar-refractivity contribution < 1.29 is 0 Å². The molecule has 5 N–H and O–H groups in total. The molecule has 0 aliphatic rings. The van der Waals surface area contributed by atoms with E-state index in [4.69, 9.17) is 16.3 Å². The van der Waals surface area contributed by atoms with Gasteiger partial charge < -0.3 is 5.73 Å². The molecule has 0 heterocycles. The van der Waals surface area contributed by atoms with Gasteiger partial charge in [0.25, 0.3) is 0 Å². The van der Waals surface area contributed by atoms with Gasteiger partial charge in [0.05, 0.1) is 0 Å². The summed E-state index contributed by atoms with van der Waals surface area (Å²) in [5, 5.41) is 12.7. The predicted octanol–water partition coefficient (Wildman–Crippen LogP) is 1.41. The summed E-state index contributed by atoms with van der Waals surface area (Å²) in [5.74, 6) is 0.0866. The minimum atomic E-state index is 0.0866. The first-order valence-electron chi connectivity index (χ1n) is 3.60. The third-order valence-corrected chi connectivity index (χ3v) is 1.98. The summed E-state index contributed by atoms with van der Waals surface area (Å²) in [4.78, 5) is 4.35. The molecule has 5 heteroatoms. The first kappa shape index (κ1) is 11.9. The van der Waals surface area contributed by atoms with E-state index in [-0.39, 0.29) is 5.84 Å². The highest BCUT2D eigenvalue weighted by atomic mass is 32.2. The standard InChI is InChI=1S/C8H14N4S/c1-5(13-11)4-7(9)6(2)8(10)12-3/h4,10H,3,9,11H2,1-2H3/b5-4+,7-6?,10-8?. The normalized spacial score (nSPS) is 13.6. The maximum atomic E-state index is 7.34. The number of aliphatic imine (C=N–C) groups is 1. The number of hydrogen-bond acceptors (Lipinski definition) is 4. The molecular weight excluding hydrogens is 184 g/mol. The second-order valence-corrected chi connectivity index (χ2v) is 3.34. The topological polar surface area (TPSA) is 88.2 Å². The van der Waals surface area contributed by atoms with Gasteiger partial charge in [0.1, 0.15) is 5.84 Å². The van der Waals surface area contributed by atoms with Gasteiger partial charge >= 0.3 is 0 Å². The predicted molar refractivity (Wildman–Crippen MR) is 59.7 cm³/mol. The number of amidine groups is 1. The number of nitrogens with one attached hydrogen (secondary N) is 1. The summed E-state index contributed by atoms with van der Waals surface area (Å²) >= 11 is 1.12. The van der Waals surface area contributed by atoms with Crippen molar-refractivity contribution in [2.45, 2.75) is 13.8 Å². The fraction of sp³-hybridized carbons (Fsp3) is 0.250. The molecule has 0 amide bonds. The van der Waals surface area contributed by atoms with E-state index in [2.05, 4.69) is 11.7 Å². The first-order chi connectivity index (χ1) is 6.02. The monoisotopic (exact) mass is 198 g/mol. The Kier molecular flexibility index (Phi) is 5.10. The molecule has 0 bridgehead atoms. The molecule has 0 radical (unpaired) electrons. The summed E-state index contributed by atoms with van der Waals surface area (Å²) < 4.78 is 0. The molecular formula is C8H14N4S. The largest absolute Gasteiger partial charge is 0.398 e. The summed E-state index contributed by atoms with van der Waals surface area (Å²) in [6.45, 7) is 6.81. The molecule has 0 saturated heterocycles. The third kappa shape index (κ3) is 3.91.